The number of anilines is 2. The smallest absolute Gasteiger partial charge is 0.253 e. The third-order valence-electron chi connectivity index (χ3n) is 6.39. The molecule has 5 rings (SSSR count). The average molecular weight is 404 g/mol. The highest BCUT2D eigenvalue weighted by Gasteiger charge is 2.21. The number of hydrogen-bond donors (Lipinski definition) is 2. The van der Waals surface area contributed by atoms with Crippen LogP contribution in [-0.4, -0.2) is 47.6 Å². The number of piperazine rings is 1. The molecule has 0 spiro atoms. The van der Waals surface area contributed by atoms with Gasteiger partial charge in [-0.2, -0.15) is 0 Å². The Hall–Kier alpha value is -2.86. The first-order chi connectivity index (χ1) is 14.7. The van der Waals surface area contributed by atoms with Crippen LogP contribution in [0.15, 0.2) is 41.3 Å². The van der Waals surface area contributed by atoms with Crippen molar-refractivity contribution in [3.63, 3.8) is 0 Å². The molecule has 0 saturated carbocycles. The van der Waals surface area contributed by atoms with Gasteiger partial charge in [-0.3, -0.25) is 9.69 Å². The van der Waals surface area contributed by atoms with Gasteiger partial charge in [-0.25, -0.2) is 4.98 Å². The summed E-state index contributed by atoms with van der Waals surface area (Å²) in [4.78, 5) is 25.1. The fourth-order valence-electron chi connectivity index (χ4n) is 4.84. The van der Waals surface area contributed by atoms with E-state index in [1.54, 1.807) is 0 Å². The molecular formula is C24H29N5O. The van der Waals surface area contributed by atoms with E-state index in [9.17, 15) is 4.79 Å². The van der Waals surface area contributed by atoms with Gasteiger partial charge in [-0.1, -0.05) is 19.1 Å². The van der Waals surface area contributed by atoms with Gasteiger partial charge in [0, 0.05) is 56.4 Å². The average Bonchev–Trinajstić information content (AvgIpc) is 2.80. The monoisotopic (exact) mass is 403 g/mol. The number of aromatic nitrogens is 2. The molecule has 0 atom stereocenters. The van der Waals surface area contributed by atoms with Crippen molar-refractivity contribution < 1.29 is 0 Å². The summed E-state index contributed by atoms with van der Waals surface area (Å²) in [5.41, 5.74) is 5.60. The normalized spacial score (nSPS) is 17.0. The number of nitrogens with one attached hydrogen (secondary N) is 2. The highest BCUT2D eigenvalue weighted by molar-refractivity contribution is 5.96. The molecule has 2 aliphatic heterocycles. The van der Waals surface area contributed by atoms with Crippen LogP contribution < -0.4 is 15.8 Å². The summed E-state index contributed by atoms with van der Waals surface area (Å²) >= 11 is 0. The van der Waals surface area contributed by atoms with E-state index in [1.807, 2.05) is 18.3 Å². The van der Waals surface area contributed by atoms with E-state index < -0.39 is 0 Å². The van der Waals surface area contributed by atoms with Crippen LogP contribution in [0.4, 0.5) is 11.5 Å². The largest absolute Gasteiger partial charge is 0.384 e. The number of fused-ring (bicyclic) bond motifs is 3. The number of hydrogen-bond acceptors (Lipinski definition) is 5. The minimum absolute atomic E-state index is 0.0629. The first-order valence-corrected chi connectivity index (χ1v) is 11.1. The van der Waals surface area contributed by atoms with Gasteiger partial charge >= 0.3 is 0 Å². The summed E-state index contributed by atoms with van der Waals surface area (Å²) in [6, 6.07) is 10.6. The molecule has 2 aliphatic rings. The van der Waals surface area contributed by atoms with Gasteiger partial charge < -0.3 is 15.2 Å². The fourth-order valence-corrected chi connectivity index (χ4v) is 4.84. The summed E-state index contributed by atoms with van der Waals surface area (Å²) in [5.74, 6) is 1.06. The Morgan fingerprint density at radius 1 is 1.13 bits per heavy atom. The van der Waals surface area contributed by atoms with Crippen molar-refractivity contribution in [2.45, 2.75) is 32.7 Å². The molecule has 0 amide bonds. The van der Waals surface area contributed by atoms with Crippen LogP contribution in [-0.2, 0) is 19.4 Å². The van der Waals surface area contributed by atoms with Gasteiger partial charge in [0.05, 0.1) is 11.2 Å². The molecule has 1 saturated heterocycles. The van der Waals surface area contributed by atoms with Crippen LogP contribution >= 0.6 is 0 Å². The lowest BCUT2D eigenvalue weighted by Gasteiger charge is -2.35. The summed E-state index contributed by atoms with van der Waals surface area (Å²) in [5, 5.41) is 4.70. The number of benzene rings is 1. The molecule has 156 valence electrons. The van der Waals surface area contributed by atoms with E-state index in [1.165, 1.54) is 16.5 Å². The molecule has 0 radical (unpaired) electrons. The van der Waals surface area contributed by atoms with E-state index in [0.29, 0.717) is 0 Å². The van der Waals surface area contributed by atoms with Crippen molar-refractivity contribution in [3.05, 3.63) is 63.6 Å². The van der Waals surface area contributed by atoms with Crippen molar-refractivity contribution >= 4 is 22.4 Å². The molecule has 0 aliphatic carbocycles. The molecule has 3 aromatic rings. The maximum Gasteiger partial charge on any atom is 0.253 e. The number of nitrogens with zero attached hydrogens (tertiary/aromatic N) is 3. The Kier molecular flexibility index (Phi) is 5.17. The quantitative estimate of drug-likeness (QED) is 0.701. The standard InChI is InChI=1S/C24H29N5O/c1-2-18-14-17(15-20-22(18)23-19(24(30)27-20)6-5-9-26-23)16-28-10-12-29(13-11-28)21-7-3-4-8-25-21/h3-4,7-8,14-15,26H,2,5-6,9-13,16H2,1H3,(H,27,30). The fraction of sp³-hybridized carbons (Fsp3) is 0.417. The molecule has 1 aromatic carbocycles. The lowest BCUT2D eigenvalue weighted by atomic mass is 9.95. The third kappa shape index (κ3) is 3.56. The molecule has 6 heteroatoms. The molecule has 2 N–H and O–H groups in total. The molecule has 1 fully saturated rings. The van der Waals surface area contributed by atoms with E-state index in [-0.39, 0.29) is 5.56 Å². The second kappa shape index (κ2) is 8.11. The minimum atomic E-state index is 0.0629. The molecule has 0 unspecified atom stereocenters. The van der Waals surface area contributed by atoms with Gasteiger partial charge in [0.2, 0.25) is 0 Å². The second-order valence-electron chi connectivity index (χ2n) is 8.32. The zero-order valence-corrected chi connectivity index (χ0v) is 17.6. The lowest BCUT2D eigenvalue weighted by molar-refractivity contribution is 0.249. The lowest BCUT2D eigenvalue weighted by Crippen LogP contribution is -2.46. The Morgan fingerprint density at radius 3 is 2.77 bits per heavy atom. The first-order valence-electron chi connectivity index (χ1n) is 11.1. The van der Waals surface area contributed by atoms with E-state index in [2.05, 4.69) is 50.2 Å². The molecule has 4 heterocycles. The topological polar surface area (TPSA) is 64.3 Å². The van der Waals surface area contributed by atoms with Crippen molar-refractivity contribution in [2.75, 3.05) is 42.9 Å². The van der Waals surface area contributed by atoms with Crippen LogP contribution in [0.3, 0.4) is 0 Å². The van der Waals surface area contributed by atoms with Crippen molar-refractivity contribution in [2.24, 2.45) is 0 Å². The van der Waals surface area contributed by atoms with Crippen LogP contribution in [0.1, 0.15) is 30.0 Å². The van der Waals surface area contributed by atoms with Crippen molar-refractivity contribution in [1.29, 1.82) is 0 Å². The number of aromatic amines is 1. The predicted molar refractivity (Wildman–Crippen MR) is 122 cm³/mol. The van der Waals surface area contributed by atoms with Crippen LogP contribution in [0.2, 0.25) is 0 Å². The number of pyridine rings is 2. The van der Waals surface area contributed by atoms with E-state index in [4.69, 9.17) is 0 Å². The van der Waals surface area contributed by atoms with Gasteiger partial charge in [0.1, 0.15) is 5.82 Å². The highest BCUT2D eigenvalue weighted by atomic mass is 16.1. The zero-order chi connectivity index (χ0) is 20.5. The molecule has 30 heavy (non-hydrogen) atoms. The van der Waals surface area contributed by atoms with Gasteiger partial charge in [-0.15, -0.1) is 0 Å². The van der Waals surface area contributed by atoms with Gasteiger partial charge in [-0.05, 0) is 48.6 Å². The number of rotatable bonds is 4. The Balaban J connectivity index is 1.38. The van der Waals surface area contributed by atoms with E-state index in [0.717, 1.165) is 81.1 Å². The Labute approximate surface area is 176 Å². The third-order valence-corrected chi connectivity index (χ3v) is 6.39. The van der Waals surface area contributed by atoms with E-state index >= 15 is 0 Å². The van der Waals surface area contributed by atoms with Crippen LogP contribution in [0.25, 0.3) is 10.9 Å². The highest BCUT2D eigenvalue weighted by Crippen LogP contribution is 2.32. The first kappa shape index (κ1) is 19.1. The molecular weight excluding hydrogens is 374 g/mol. The SMILES string of the molecule is CCc1cc(CN2CCN(c3ccccn3)CC2)cc2[nH]c(=O)c3c(c12)NCCC3. The second-order valence-corrected chi connectivity index (χ2v) is 8.32. The number of H-pyrrole nitrogens is 1. The minimum Gasteiger partial charge on any atom is -0.384 e. The van der Waals surface area contributed by atoms with Crippen LogP contribution in [0.5, 0.6) is 0 Å². The molecule has 0 bridgehead atoms. The maximum atomic E-state index is 12.6. The summed E-state index contributed by atoms with van der Waals surface area (Å²) in [7, 11) is 0. The molecule has 2 aromatic heterocycles. The summed E-state index contributed by atoms with van der Waals surface area (Å²) in [6.07, 6.45) is 4.69. The van der Waals surface area contributed by atoms with Crippen LogP contribution in [0, 0.1) is 0 Å². The maximum absolute atomic E-state index is 12.6. The summed E-state index contributed by atoms with van der Waals surface area (Å²) < 4.78 is 0. The zero-order valence-electron chi connectivity index (χ0n) is 17.6. The summed E-state index contributed by atoms with van der Waals surface area (Å²) in [6.45, 7) is 8.04. The predicted octanol–water partition coefficient (Wildman–Crippen LogP) is 3.17. The Bertz CT molecular complexity index is 1100. The molecule has 6 nitrogen and oxygen atoms in total. The number of aryl methyl sites for hydroxylation is 1. The van der Waals surface area contributed by atoms with Crippen molar-refractivity contribution in [1.82, 2.24) is 14.9 Å². The Morgan fingerprint density at radius 2 is 2.00 bits per heavy atom. The van der Waals surface area contributed by atoms with Crippen molar-refractivity contribution in [3.8, 4) is 0 Å². The van der Waals surface area contributed by atoms with Gasteiger partial charge in [0.25, 0.3) is 5.56 Å². The van der Waals surface area contributed by atoms with Gasteiger partial charge in [0.15, 0.2) is 0 Å².